The summed E-state index contributed by atoms with van der Waals surface area (Å²) < 4.78 is 5.34. The average Bonchev–Trinajstić information content (AvgIpc) is 2.94. The summed E-state index contributed by atoms with van der Waals surface area (Å²) in [6.07, 6.45) is 3.48. The Bertz CT molecular complexity index is 793. The van der Waals surface area contributed by atoms with Gasteiger partial charge in [-0.3, -0.25) is 0 Å². The summed E-state index contributed by atoms with van der Waals surface area (Å²) in [6.45, 7) is 0. The van der Waals surface area contributed by atoms with Gasteiger partial charge in [0.25, 0.3) is 0 Å². The van der Waals surface area contributed by atoms with Crippen LogP contribution in [0.25, 0.3) is 22.2 Å². The Morgan fingerprint density at radius 3 is 2.85 bits per heavy atom. The zero-order valence-corrected chi connectivity index (χ0v) is 10.8. The SMILES string of the molecule is COc1ccc(C(=O)O)cc1-c1ccnc2[nH]ccc12. The van der Waals surface area contributed by atoms with Crippen LogP contribution in [-0.2, 0) is 0 Å². The summed E-state index contributed by atoms with van der Waals surface area (Å²) in [5, 5.41) is 10.1. The molecule has 0 spiro atoms. The van der Waals surface area contributed by atoms with E-state index < -0.39 is 5.97 Å². The van der Waals surface area contributed by atoms with Crippen LogP contribution in [0.15, 0.2) is 42.7 Å². The number of aromatic carboxylic acids is 1. The molecule has 2 heterocycles. The van der Waals surface area contributed by atoms with E-state index in [4.69, 9.17) is 9.84 Å². The van der Waals surface area contributed by atoms with Crippen LogP contribution in [0, 0.1) is 0 Å². The van der Waals surface area contributed by atoms with Crippen LogP contribution in [0.2, 0.25) is 0 Å². The summed E-state index contributed by atoms with van der Waals surface area (Å²) in [5.41, 5.74) is 2.60. The standard InChI is InChI=1S/C15H12N2O3/c1-20-13-3-2-9(15(18)19)8-12(13)10-4-6-16-14-11(10)5-7-17-14/h2-8H,1H3,(H,16,17)(H,18,19). The van der Waals surface area contributed by atoms with Crippen molar-refractivity contribution in [2.75, 3.05) is 7.11 Å². The molecule has 2 aromatic heterocycles. The third-order valence-corrected chi connectivity index (χ3v) is 3.20. The van der Waals surface area contributed by atoms with Gasteiger partial charge >= 0.3 is 5.97 Å². The van der Waals surface area contributed by atoms with Crippen LogP contribution >= 0.6 is 0 Å². The number of aromatic nitrogens is 2. The number of nitrogens with zero attached hydrogens (tertiary/aromatic N) is 1. The first kappa shape index (κ1) is 12.2. The van der Waals surface area contributed by atoms with Crippen molar-refractivity contribution in [1.29, 1.82) is 0 Å². The fourth-order valence-electron chi connectivity index (χ4n) is 2.25. The topological polar surface area (TPSA) is 75.2 Å². The van der Waals surface area contributed by atoms with Crippen molar-refractivity contribution >= 4 is 17.0 Å². The lowest BCUT2D eigenvalue weighted by molar-refractivity contribution is 0.0697. The van der Waals surface area contributed by atoms with Gasteiger partial charge in [0.15, 0.2) is 0 Å². The number of aromatic amines is 1. The van der Waals surface area contributed by atoms with Gasteiger partial charge in [-0.25, -0.2) is 9.78 Å². The van der Waals surface area contributed by atoms with Crippen LogP contribution in [0.1, 0.15) is 10.4 Å². The third kappa shape index (κ3) is 1.89. The molecule has 0 aliphatic heterocycles. The van der Waals surface area contributed by atoms with Crippen molar-refractivity contribution in [3.63, 3.8) is 0 Å². The lowest BCUT2D eigenvalue weighted by atomic mass is 10.0. The van der Waals surface area contributed by atoms with Gasteiger partial charge in [0, 0.05) is 23.3 Å². The van der Waals surface area contributed by atoms with Crippen LogP contribution in [-0.4, -0.2) is 28.2 Å². The molecule has 3 rings (SSSR count). The summed E-state index contributed by atoms with van der Waals surface area (Å²) in [5.74, 6) is -0.336. The zero-order chi connectivity index (χ0) is 14.1. The molecule has 20 heavy (non-hydrogen) atoms. The molecule has 0 atom stereocenters. The molecule has 0 fully saturated rings. The molecule has 0 saturated heterocycles. The van der Waals surface area contributed by atoms with Gasteiger partial charge < -0.3 is 14.8 Å². The fourth-order valence-corrected chi connectivity index (χ4v) is 2.25. The molecule has 0 aliphatic rings. The highest BCUT2D eigenvalue weighted by Gasteiger charge is 2.13. The highest BCUT2D eigenvalue weighted by atomic mass is 16.5. The quantitative estimate of drug-likeness (QED) is 0.765. The van der Waals surface area contributed by atoms with Gasteiger partial charge in [-0.05, 0) is 35.9 Å². The van der Waals surface area contributed by atoms with Crippen molar-refractivity contribution in [3.8, 4) is 16.9 Å². The number of rotatable bonds is 3. The highest BCUT2D eigenvalue weighted by Crippen LogP contribution is 2.34. The van der Waals surface area contributed by atoms with E-state index in [0.29, 0.717) is 5.75 Å². The lowest BCUT2D eigenvalue weighted by Crippen LogP contribution is -1.98. The second kappa shape index (κ2) is 4.70. The molecule has 0 saturated carbocycles. The molecule has 1 aromatic carbocycles. The molecule has 2 N–H and O–H groups in total. The summed E-state index contributed by atoms with van der Waals surface area (Å²) in [4.78, 5) is 18.4. The fraction of sp³-hybridized carbons (Fsp3) is 0.0667. The second-order valence-electron chi connectivity index (χ2n) is 4.32. The Balaban J connectivity index is 2.29. The number of benzene rings is 1. The number of nitrogens with one attached hydrogen (secondary N) is 1. The zero-order valence-electron chi connectivity index (χ0n) is 10.8. The van der Waals surface area contributed by atoms with Crippen molar-refractivity contribution in [2.45, 2.75) is 0 Å². The molecule has 0 unspecified atom stereocenters. The predicted octanol–water partition coefficient (Wildman–Crippen LogP) is 2.94. The summed E-state index contributed by atoms with van der Waals surface area (Å²) in [7, 11) is 1.56. The second-order valence-corrected chi connectivity index (χ2v) is 4.32. The maximum absolute atomic E-state index is 11.1. The summed E-state index contributed by atoms with van der Waals surface area (Å²) >= 11 is 0. The van der Waals surface area contributed by atoms with E-state index in [1.807, 2.05) is 12.1 Å². The number of carbonyl (C=O) groups is 1. The number of H-pyrrole nitrogens is 1. The molecular formula is C15H12N2O3. The molecule has 5 nitrogen and oxygen atoms in total. The minimum absolute atomic E-state index is 0.223. The van der Waals surface area contributed by atoms with E-state index in [2.05, 4.69) is 9.97 Å². The van der Waals surface area contributed by atoms with Crippen LogP contribution in [0.5, 0.6) is 5.75 Å². The number of carboxylic acids is 1. The first-order chi connectivity index (χ1) is 9.70. The number of hydrogen-bond donors (Lipinski definition) is 2. The number of carboxylic acid groups (broad SMARTS) is 1. The maximum atomic E-state index is 11.1. The minimum atomic E-state index is -0.965. The van der Waals surface area contributed by atoms with E-state index in [0.717, 1.165) is 22.2 Å². The highest BCUT2D eigenvalue weighted by molar-refractivity contribution is 5.97. The molecular weight excluding hydrogens is 256 g/mol. The minimum Gasteiger partial charge on any atom is -0.496 e. The Hall–Kier alpha value is -2.82. The molecule has 0 aliphatic carbocycles. The van der Waals surface area contributed by atoms with Crippen LogP contribution in [0.3, 0.4) is 0 Å². The average molecular weight is 268 g/mol. The molecule has 5 heteroatoms. The number of fused-ring (bicyclic) bond motifs is 1. The van der Waals surface area contributed by atoms with Crippen molar-refractivity contribution in [1.82, 2.24) is 9.97 Å². The van der Waals surface area contributed by atoms with E-state index >= 15 is 0 Å². The molecule has 3 aromatic rings. The maximum Gasteiger partial charge on any atom is 0.335 e. The largest absolute Gasteiger partial charge is 0.496 e. The number of methoxy groups -OCH3 is 1. The lowest BCUT2D eigenvalue weighted by Gasteiger charge is -2.10. The van der Waals surface area contributed by atoms with Gasteiger partial charge in [-0.15, -0.1) is 0 Å². The van der Waals surface area contributed by atoms with E-state index in [-0.39, 0.29) is 5.56 Å². The Morgan fingerprint density at radius 1 is 1.25 bits per heavy atom. The van der Waals surface area contributed by atoms with E-state index in [9.17, 15) is 4.79 Å². The summed E-state index contributed by atoms with van der Waals surface area (Å²) in [6, 6.07) is 8.56. The van der Waals surface area contributed by atoms with E-state index in [1.165, 1.54) is 6.07 Å². The van der Waals surface area contributed by atoms with Gasteiger partial charge in [0.1, 0.15) is 11.4 Å². The third-order valence-electron chi connectivity index (χ3n) is 3.20. The predicted molar refractivity (Wildman–Crippen MR) is 75.0 cm³/mol. The van der Waals surface area contributed by atoms with Gasteiger partial charge in [-0.2, -0.15) is 0 Å². The van der Waals surface area contributed by atoms with Gasteiger partial charge in [0.2, 0.25) is 0 Å². The van der Waals surface area contributed by atoms with Gasteiger partial charge in [0.05, 0.1) is 12.7 Å². The van der Waals surface area contributed by atoms with E-state index in [1.54, 1.807) is 31.6 Å². The Morgan fingerprint density at radius 2 is 2.10 bits per heavy atom. The van der Waals surface area contributed by atoms with Crippen molar-refractivity contribution in [3.05, 3.63) is 48.3 Å². The van der Waals surface area contributed by atoms with Crippen LogP contribution < -0.4 is 4.74 Å². The van der Waals surface area contributed by atoms with Crippen molar-refractivity contribution < 1.29 is 14.6 Å². The normalized spacial score (nSPS) is 10.7. The smallest absolute Gasteiger partial charge is 0.335 e. The van der Waals surface area contributed by atoms with Crippen LogP contribution in [0.4, 0.5) is 0 Å². The molecule has 0 bridgehead atoms. The molecule has 0 amide bonds. The van der Waals surface area contributed by atoms with Gasteiger partial charge in [-0.1, -0.05) is 0 Å². The monoisotopic (exact) mass is 268 g/mol. The molecule has 100 valence electrons. The molecule has 0 radical (unpaired) electrons. The number of ether oxygens (including phenoxy) is 1. The van der Waals surface area contributed by atoms with Crippen molar-refractivity contribution in [2.24, 2.45) is 0 Å². The Kier molecular flexibility index (Phi) is 2.87. The number of hydrogen-bond acceptors (Lipinski definition) is 3. The Labute approximate surface area is 114 Å². The first-order valence-electron chi connectivity index (χ1n) is 6.04. The first-order valence-corrected chi connectivity index (χ1v) is 6.04. The number of pyridine rings is 1.